The molecule has 98 valence electrons. The number of nitrogens with zero attached hydrogens (tertiary/aromatic N) is 2. The molecule has 5 nitrogen and oxygen atoms in total. The van der Waals surface area contributed by atoms with Crippen molar-refractivity contribution in [1.29, 1.82) is 0 Å². The molecule has 19 heavy (non-hydrogen) atoms. The molecule has 0 aliphatic heterocycles. The van der Waals surface area contributed by atoms with Crippen LogP contribution in [-0.4, -0.2) is 28.7 Å². The second-order valence-electron chi connectivity index (χ2n) is 4.52. The summed E-state index contributed by atoms with van der Waals surface area (Å²) in [6.07, 6.45) is 1.78. The summed E-state index contributed by atoms with van der Waals surface area (Å²) < 4.78 is 5.05. The monoisotopic (exact) mass is 256 g/mol. The molecule has 0 aliphatic rings. The number of aromatic amines is 1. The van der Waals surface area contributed by atoms with E-state index in [9.17, 15) is 0 Å². The third-order valence-electron chi connectivity index (χ3n) is 3.17. The molecule has 1 aromatic carbocycles. The summed E-state index contributed by atoms with van der Waals surface area (Å²) in [6.45, 7) is 0.728. The van der Waals surface area contributed by atoms with Gasteiger partial charge in [0.1, 0.15) is 22.7 Å². The summed E-state index contributed by atoms with van der Waals surface area (Å²) in [6, 6.07) is 7.90. The third-order valence-corrected chi connectivity index (χ3v) is 3.17. The summed E-state index contributed by atoms with van der Waals surface area (Å²) in [5.41, 5.74) is 8.58. The maximum Gasteiger partial charge on any atom is 0.150 e. The molecule has 0 radical (unpaired) electrons. The van der Waals surface area contributed by atoms with Crippen LogP contribution < -0.4 is 5.73 Å². The molecule has 3 aromatic rings. The first-order chi connectivity index (χ1) is 9.29. The van der Waals surface area contributed by atoms with E-state index in [0.717, 1.165) is 47.2 Å². The highest BCUT2D eigenvalue weighted by molar-refractivity contribution is 6.05. The number of hydrogen-bond donors (Lipinski definition) is 2. The first kappa shape index (κ1) is 11.9. The van der Waals surface area contributed by atoms with Crippen LogP contribution in [0.15, 0.2) is 24.3 Å². The Morgan fingerprint density at radius 2 is 2.11 bits per heavy atom. The number of rotatable bonds is 4. The lowest BCUT2D eigenvalue weighted by Gasteiger charge is -1.99. The van der Waals surface area contributed by atoms with Crippen molar-refractivity contribution in [2.75, 3.05) is 19.5 Å². The molecule has 2 aromatic heterocycles. The number of anilines is 1. The van der Waals surface area contributed by atoms with Crippen molar-refractivity contribution in [3.8, 4) is 0 Å². The molecule has 3 N–H and O–H groups in total. The molecule has 0 fully saturated rings. The van der Waals surface area contributed by atoms with Crippen LogP contribution in [0.1, 0.15) is 12.2 Å². The Balaban J connectivity index is 2.10. The molecule has 5 heteroatoms. The zero-order valence-electron chi connectivity index (χ0n) is 10.8. The Kier molecular flexibility index (Phi) is 3.05. The van der Waals surface area contributed by atoms with Crippen LogP contribution in [0.5, 0.6) is 0 Å². The lowest BCUT2D eigenvalue weighted by molar-refractivity contribution is 0.194. The van der Waals surface area contributed by atoms with Crippen LogP contribution >= 0.6 is 0 Å². The number of fused-ring (bicyclic) bond motifs is 3. The van der Waals surface area contributed by atoms with Gasteiger partial charge < -0.3 is 15.5 Å². The van der Waals surface area contributed by atoms with Crippen LogP contribution in [0, 0.1) is 0 Å². The second-order valence-corrected chi connectivity index (χ2v) is 4.52. The first-order valence-corrected chi connectivity index (χ1v) is 6.31. The quantitative estimate of drug-likeness (QED) is 0.702. The van der Waals surface area contributed by atoms with Crippen molar-refractivity contribution in [1.82, 2.24) is 15.0 Å². The number of aryl methyl sites for hydroxylation is 1. The minimum Gasteiger partial charge on any atom is -0.385 e. The number of benzene rings is 1. The average Bonchev–Trinajstić information content (AvgIpc) is 2.84. The fraction of sp³-hybridized carbons (Fsp3) is 0.286. The van der Waals surface area contributed by atoms with E-state index in [2.05, 4.69) is 15.0 Å². The first-order valence-electron chi connectivity index (χ1n) is 6.31. The van der Waals surface area contributed by atoms with Crippen LogP contribution in [0.3, 0.4) is 0 Å². The molecule has 0 saturated heterocycles. The Morgan fingerprint density at radius 3 is 2.95 bits per heavy atom. The minimum absolute atomic E-state index is 0.499. The van der Waals surface area contributed by atoms with Gasteiger partial charge in [-0.3, -0.25) is 0 Å². The number of nitrogens with one attached hydrogen (secondary N) is 1. The molecule has 0 aliphatic carbocycles. The van der Waals surface area contributed by atoms with E-state index in [1.54, 1.807) is 7.11 Å². The third kappa shape index (κ3) is 2.13. The molecule has 3 rings (SSSR count). The van der Waals surface area contributed by atoms with Crippen molar-refractivity contribution < 1.29 is 4.74 Å². The van der Waals surface area contributed by atoms with Crippen molar-refractivity contribution in [3.63, 3.8) is 0 Å². The van der Waals surface area contributed by atoms with E-state index in [1.807, 2.05) is 24.3 Å². The van der Waals surface area contributed by atoms with Gasteiger partial charge >= 0.3 is 0 Å². The molecule has 0 bridgehead atoms. The Labute approximate surface area is 110 Å². The van der Waals surface area contributed by atoms with Gasteiger partial charge in [-0.25, -0.2) is 9.97 Å². The summed E-state index contributed by atoms with van der Waals surface area (Å²) in [4.78, 5) is 12.3. The standard InChI is InChI=1S/C14H16N4O/c1-19-8-4-7-11-17-12-9-5-2-3-6-10(9)16-14(15)13(12)18-11/h2-3,5-6H,4,7-8H2,1H3,(H2,15,16)(H,17,18). The molecule has 0 atom stereocenters. The van der Waals surface area contributed by atoms with Crippen LogP contribution in [0.25, 0.3) is 21.9 Å². The van der Waals surface area contributed by atoms with Crippen molar-refractivity contribution in [2.24, 2.45) is 0 Å². The number of nitrogens with two attached hydrogens (primary N) is 1. The van der Waals surface area contributed by atoms with Gasteiger partial charge in [0.25, 0.3) is 0 Å². The highest BCUT2D eigenvalue weighted by atomic mass is 16.5. The molecule has 0 amide bonds. The zero-order valence-corrected chi connectivity index (χ0v) is 10.8. The van der Waals surface area contributed by atoms with Gasteiger partial charge in [-0.15, -0.1) is 0 Å². The van der Waals surface area contributed by atoms with Gasteiger partial charge in [0, 0.05) is 25.5 Å². The fourth-order valence-corrected chi connectivity index (χ4v) is 2.26. The van der Waals surface area contributed by atoms with Crippen LogP contribution in [-0.2, 0) is 11.2 Å². The van der Waals surface area contributed by atoms with E-state index in [4.69, 9.17) is 10.5 Å². The highest BCUT2D eigenvalue weighted by Gasteiger charge is 2.10. The van der Waals surface area contributed by atoms with Gasteiger partial charge in [-0.05, 0) is 12.5 Å². The van der Waals surface area contributed by atoms with Crippen LogP contribution in [0.2, 0.25) is 0 Å². The smallest absolute Gasteiger partial charge is 0.150 e. The lowest BCUT2D eigenvalue weighted by Crippen LogP contribution is -1.94. The van der Waals surface area contributed by atoms with Gasteiger partial charge in [0.2, 0.25) is 0 Å². The largest absolute Gasteiger partial charge is 0.385 e. The Morgan fingerprint density at radius 1 is 1.26 bits per heavy atom. The number of methoxy groups -OCH3 is 1. The predicted octanol–water partition coefficient (Wildman–Crippen LogP) is 2.27. The number of nitrogen functional groups attached to an aromatic ring is 1. The maximum atomic E-state index is 5.98. The molecule has 0 spiro atoms. The van der Waals surface area contributed by atoms with Crippen molar-refractivity contribution in [2.45, 2.75) is 12.8 Å². The number of hydrogen-bond acceptors (Lipinski definition) is 4. The predicted molar refractivity (Wildman–Crippen MR) is 76.0 cm³/mol. The number of pyridine rings is 1. The molecular weight excluding hydrogens is 240 g/mol. The van der Waals surface area contributed by atoms with Gasteiger partial charge in [0.15, 0.2) is 0 Å². The van der Waals surface area contributed by atoms with E-state index >= 15 is 0 Å². The number of aromatic nitrogens is 3. The second kappa shape index (κ2) is 4.85. The minimum atomic E-state index is 0.499. The average molecular weight is 256 g/mol. The van der Waals surface area contributed by atoms with Gasteiger partial charge in [0.05, 0.1) is 5.52 Å². The summed E-state index contributed by atoms with van der Waals surface area (Å²) in [5, 5.41) is 1.03. The highest BCUT2D eigenvalue weighted by Crippen LogP contribution is 2.25. The van der Waals surface area contributed by atoms with Crippen LogP contribution in [0.4, 0.5) is 5.82 Å². The number of ether oxygens (including phenoxy) is 1. The summed E-state index contributed by atoms with van der Waals surface area (Å²) >= 11 is 0. The van der Waals surface area contributed by atoms with E-state index in [-0.39, 0.29) is 0 Å². The number of para-hydroxylation sites is 1. The zero-order chi connectivity index (χ0) is 13.2. The topological polar surface area (TPSA) is 76.8 Å². The molecule has 2 heterocycles. The lowest BCUT2D eigenvalue weighted by atomic mass is 10.2. The summed E-state index contributed by atoms with van der Waals surface area (Å²) in [5.74, 6) is 1.43. The maximum absolute atomic E-state index is 5.98. The Hall–Kier alpha value is -2.14. The number of imidazole rings is 1. The number of H-pyrrole nitrogens is 1. The van der Waals surface area contributed by atoms with Gasteiger partial charge in [-0.2, -0.15) is 0 Å². The van der Waals surface area contributed by atoms with E-state index in [1.165, 1.54) is 0 Å². The Bertz CT molecular complexity index is 720. The summed E-state index contributed by atoms with van der Waals surface area (Å²) in [7, 11) is 1.70. The van der Waals surface area contributed by atoms with Crippen molar-refractivity contribution >= 4 is 27.8 Å². The molecule has 0 saturated carbocycles. The molecular formula is C14H16N4O. The van der Waals surface area contributed by atoms with Gasteiger partial charge in [-0.1, -0.05) is 18.2 Å². The normalized spacial score (nSPS) is 11.4. The van der Waals surface area contributed by atoms with Crippen molar-refractivity contribution in [3.05, 3.63) is 30.1 Å². The van der Waals surface area contributed by atoms with E-state index in [0.29, 0.717) is 5.82 Å². The SMILES string of the molecule is COCCCc1nc2c([nH]1)c(N)nc1ccccc12. The fourth-order valence-electron chi connectivity index (χ4n) is 2.26. The molecule has 0 unspecified atom stereocenters. The van der Waals surface area contributed by atoms with E-state index < -0.39 is 0 Å².